The van der Waals surface area contributed by atoms with Crippen molar-refractivity contribution in [2.75, 3.05) is 11.9 Å². The van der Waals surface area contributed by atoms with Crippen molar-refractivity contribution in [3.05, 3.63) is 35.4 Å². The van der Waals surface area contributed by atoms with Crippen LogP contribution < -0.4 is 10.6 Å². The van der Waals surface area contributed by atoms with E-state index in [0.717, 1.165) is 49.7 Å². The molecule has 1 saturated heterocycles. The highest BCUT2D eigenvalue weighted by Crippen LogP contribution is 2.36. The molecule has 0 bridgehead atoms. The molecule has 3 aromatic rings. The molecule has 6 rings (SSSR count). The molecule has 3 N–H and O–H groups in total. The third kappa shape index (κ3) is 3.79. The molecule has 2 aliphatic carbocycles. The molecule has 174 valence electrons. The number of amides is 1. The largest absolute Gasteiger partial charge is 0.441 e. The fourth-order valence-corrected chi connectivity index (χ4v) is 4.59. The lowest BCUT2D eigenvalue weighted by Crippen LogP contribution is -2.39. The molecule has 1 amide bonds. The fraction of sp³-hybridized carbons (Fsp3) is 0.545. The topological polar surface area (TPSA) is 118 Å². The third-order valence-corrected chi connectivity index (χ3v) is 6.72. The van der Waals surface area contributed by atoms with E-state index in [1.54, 1.807) is 12.3 Å². The van der Waals surface area contributed by atoms with E-state index < -0.39 is 24.5 Å². The number of carbonyl (C=O) groups excluding carboxylic acids is 1. The first-order valence-electron chi connectivity index (χ1n) is 11.4. The second kappa shape index (κ2) is 7.68. The minimum atomic E-state index is -1.50. The average Bonchev–Trinajstić information content (AvgIpc) is 3.13. The van der Waals surface area contributed by atoms with Gasteiger partial charge in [0.15, 0.2) is 23.9 Å². The van der Waals surface area contributed by atoms with Crippen LogP contribution in [0.1, 0.15) is 55.7 Å². The summed E-state index contributed by atoms with van der Waals surface area (Å²) < 4.78 is 27.7. The molecule has 3 aliphatic rings. The molecule has 10 nitrogen and oxygen atoms in total. The standard InChI is InChI=1S/C22H26FN7O3/c1-22(6-7-22)26-21(31)33-15-11-32-19(17(15)23)14-10-16(28-27-14)25-20-18-12-4-2-3-5-13(12)29-30(18)9-8-24-20/h8-10,15,17,19H,2-7,11H2,1H3,(H,26,31)(H2,24,25,27,28)/t15-,17-,19-/m0/s1. The van der Waals surface area contributed by atoms with E-state index in [2.05, 4.69) is 30.9 Å². The van der Waals surface area contributed by atoms with Crippen molar-refractivity contribution in [2.45, 2.75) is 69.4 Å². The number of ether oxygens (including phenoxy) is 2. The summed E-state index contributed by atoms with van der Waals surface area (Å²) in [5, 5.41) is 17.8. The van der Waals surface area contributed by atoms with Crippen LogP contribution >= 0.6 is 0 Å². The lowest BCUT2D eigenvalue weighted by Gasteiger charge is -2.17. The Labute approximate surface area is 189 Å². The number of carbonyl (C=O) groups is 1. The van der Waals surface area contributed by atoms with Crippen LogP contribution in [0.3, 0.4) is 0 Å². The number of halogens is 1. The molecular weight excluding hydrogens is 429 g/mol. The van der Waals surface area contributed by atoms with Gasteiger partial charge in [0.2, 0.25) is 0 Å². The summed E-state index contributed by atoms with van der Waals surface area (Å²) in [6.45, 7) is 1.92. The van der Waals surface area contributed by atoms with E-state index >= 15 is 4.39 Å². The number of anilines is 2. The molecule has 1 saturated carbocycles. The van der Waals surface area contributed by atoms with Crippen LogP contribution in [0.15, 0.2) is 18.5 Å². The highest BCUT2D eigenvalue weighted by molar-refractivity contribution is 5.76. The number of alkyl carbamates (subject to hydrolysis) is 1. The zero-order valence-corrected chi connectivity index (χ0v) is 18.3. The van der Waals surface area contributed by atoms with Crippen LogP contribution in [0.4, 0.5) is 20.8 Å². The molecule has 0 spiro atoms. The van der Waals surface area contributed by atoms with Crippen LogP contribution in [-0.4, -0.2) is 55.3 Å². The van der Waals surface area contributed by atoms with E-state index in [9.17, 15) is 4.79 Å². The normalized spacial score (nSPS) is 25.6. The van der Waals surface area contributed by atoms with E-state index in [1.807, 2.05) is 17.6 Å². The van der Waals surface area contributed by atoms with Gasteiger partial charge in [-0.05, 0) is 45.4 Å². The van der Waals surface area contributed by atoms with Gasteiger partial charge in [-0.15, -0.1) is 0 Å². The molecule has 0 unspecified atom stereocenters. The summed E-state index contributed by atoms with van der Waals surface area (Å²) in [6, 6.07) is 1.69. The highest BCUT2D eigenvalue weighted by atomic mass is 19.1. The smallest absolute Gasteiger partial charge is 0.408 e. The molecule has 0 aromatic carbocycles. The number of nitrogens with one attached hydrogen (secondary N) is 3. The van der Waals surface area contributed by atoms with Crippen molar-refractivity contribution in [1.82, 2.24) is 30.1 Å². The second-order valence-electron chi connectivity index (χ2n) is 9.36. The molecule has 3 aromatic heterocycles. The number of rotatable bonds is 5. The highest BCUT2D eigenvalue weighted by Gasteiger charge is 2.44. The van der Waals surface area contributed by atoms with Gasteiger partial charge in [-0.1, -0.05) is 0 Å². The lowest BCUT2D eigenvalue weighted by molar-refractivity contribution is 0.0604. The number of fused-ring (bicyclic) bond motifs is 3. The van der Waals surface area contributed by atoms with Gasteiger partial charge in [0.05, 0.1) is 18.0 Å². The van der Waals surface area contributed by atoms with Gasteiger partial charge in [0.1, 0.15) is 11.6 Å². The van der Waals surface area contributed by atoms with Gasteiger partial charge in [-0.3, -0.25) is 5.10 Å². The molecule has 11 heteroatoms. The summed E-state index contributed by atoms with van der Waals surface area (Å²) in [6.07, 6.45) is 5.59. The summed E-state index contributed by atoms with van der Waals surface area (Å²) >= 11 is 0. The number of aromatic nitrogens is 5. The number of alkyl halides is 1. The van der Waals surface area contributed by atoms with Crippen LogP contribution in [0.25, 0.3) is 5.52 Å². The van der Waals surface area contributed by atoms with Crippen LogP contribution in [-0.2, 0) is 22.3 Å². The van der Waals surface area contributed by atoms with Crippen molar-refractivity contribution in [1.29, 1.82) is 0 Å². The Bertz CT molecular complexity index is 1200. The fourth-order valence-electron chi connectivity index (χ4n) is 4.59. The Morgan fingerprint density at radius 3 is 3.06 bits per heavy atom. The number of H-pyrrole nitrogens is 1. The molecule has 3 atom stereocenters. The quantitative estimate of drug-likeness (QED) is 0.541. The third-order valence-electron chi connectivity index (χ3n) is 6.72. The first-order chi connectivity index (χ1) is 16.0. The maximum Gasteiger partial charge on any atom is 0.408 e. The van der Waals surface area contributed by atoms with Crippen molar-refractivity contribution in [3.63, 3.8) is 0 Å². The molecule has 1 aliphatic heterocycles. The zero-order chi connectivity index (χ0) is 22.6. The average molecular weight is 455 g/mol. The van der Waals surface area contributed by atoms with Gasteiger partial charge in [-0.2, -0.15) is 10.2 Å². The molecular formula is C22H26FN7O3. The molecule has 33 heavy (non-hydrogen) atoms. The Morgan fingerprint density at radius 2 is 2.21 bits per heavy atom. The second-order valence-corrected chi connectivity index (χ2v) is 9.36. The van der Waals surface area contributed by atoms with Gasteiger partial charge >= 0.3 is 6.09 Å². The Morgan fingerprint density at radius 1 is 1.36 bits per heavy atom. The minimum absolute atomic E-state index is 0.0133. The van der Waals surface area contributed by atoms with Crippen molar-refractivity contribution < 1.29 is 18.7 Å². The first kappa shape index (κ1) is 20.4. The van der Waals surface area contributed by atoms with Gasteiger partial charge in [-0.25, -0.2) is 18.7 Å². The first-order valence-corrected chi connectivity index (χ1v) is 11.4. The number of hydrogen-bond donors (Lipinski definition) is 3. The predicted octanol–water partition coefficient (Wildman–Crippen LogP) is 3.13. The number of nitrogens with zero attached hydrogens (tertiary/aromatic N) is 4. The molecule has 4 heterocycles. The van der Waals surface area contributed by atoms with E-state index in [1.165, 1.54) is 5.56 Å². The van der Waals surface area contributed by atoms with Crippen LogP contribution in [0, 0.1) is 0 Å². The molecule has 2 fully saturated rings. The maximum atomic E-state index is 15.0. The Hall–Kier alpha value is -3.21. The number of aryl methyl sites for hydroxylation is 2. The number of aromatic amines is 1. The lowest BCUT2D eigenvalue weighted by atomic mass is 9.97. The van der Waals surface area contributed by atoms with Crippen molar-refractivity contribution >= 4 is 23.2 Å². The monoisotopic (exact) mass is 455 g/mol. The molecule has 0 radical (unpaired) electrons. The summed E-state index contributed by atoms with van der Waals surface area (Å²) in [5.74, 6) is 1.15. The summed E-state index contributed by atoms with van der Waals surface area (Å²) in [5.41, 5.74) is 3.52. The zero-order valence-electron chi connectivity index (χ0n) is 18.3. The van der Waals surface area contributed by atoms with Crippen molar-refractivity contribution in [3.8, 4) is 0 Å². The number of hydrogen-bond acceptors (Lipinski definition) is 7. The Balaban J connectivity index is 1.16. The summed E-state index contributed by atoms with van der Waals surface area (Å²) in [7, 11) is 0. The summed E-state index contributed by atoms with van der Waals surface area (Å²) in [4.78, 5) is 16.5. The van der Waals surface area contributed by atoms with E-state index in [4.69, 9.17) is 9.47 Å². The van der Waals surface area contributed by atoms with Crippen LogP contribution in [0.2, 0.25) is 0 Å². The van der Waals surface area contributed by atoms with E-state index in [0.29, 0.717) is 17.3 Å². The Kier molecular flexibility index (Phi) is 4.75. The SMILES string of the molecule is CC1(NC(=O)O[C@H]2CO[C@@H](c3cc(Nc4nccn5nc6c(c45)CCCC6)n[nH]3)[C@H]2F)CC1. The van der Waals surface area contributed by atoms with Crippen molar-refractivity contribution in [2.24, 2.45) is 0 Å². The predicted molar refractivity (Wildman–Crippen MR) is 116 cm³/mol. The maximum absolute atomic E-state index is 15.0. The minimum Gasteiger partial charge on any atom is -0.441 e. The van der Waals surface area contributed by atoms with Gasteiger partial charge in [0.25, 0.3) is 0 Å². The van der Waals surface area contributed by atoms with E-state index in [-0.39, 0.29) is 12.1 Å². The van der Waals surface area contributed by atoms with Gasteiger partial charge in [0, 0.05) is 29.6 Å². The van der Waals surface area contributed by atoms with Crippen LogP contribution in [0.5, 0.6) is 0 Å². The van der Waals surface area contributed by atoms with Gasteiger partial charge < -0.3 is 20.1 Å².